The average molecular weight is 442 g/mol. The fourth-order valence-corrected chi connectivity index (χ4v) is 4.80. The van der Waals surface area contributed by atoms with Crippen molar-refractivity contribution in [1.29, 1.82) is 0 Å². The van der Waals surface area contributed by atoms with Crippen LogP contribution in [0.5, 0.6) is 11.5 Å². The Morgan fingerprint density at radius 2 is 1.88 bits per heavy atom. The second-order valence-corrected chi connectivity index (χ2v) is 8.37. The molecule has 4 aromatic rings. The fourth-order valence-electron chi connectivity index (χ4n) is 4.80. The Kier molecular flexibility index (Phi) is 5.50. The first-order valence-electron chi connectivity index (χ1n) is 11.1. The molecule has 0 unspecified atom stereocenters. The van der Waals surface area contributed by atoms with Crippen LogP contribution in [0.25, 0.3) is 10.9 Å². The van der Waals surface area contributed by atoms with Crippen molar-refractivity contribution in [1.82, 2.24) is 14.9 Å². The van der Waals surface area contributed by atoms with Crippen LogP contribution < -0.4 is 9.47 Å². The van der Waals surface area contributed by atoms with Gasteiger partial charge >= 0.3 is 0 Å². The number of amides is 1. The maximum Gasteiger partial charge on any atom is 0.227 e. The van der Waals surface area contributed by atoms with E-state index in [1.165, 1.54) is 10.9 Å². The number of hydrogen-bond donors (Lipinski definition) is 1. The van der Waals surface area contributed by atoms with Gasteiger partial charge in [-0.2, -0.15) is 0 Å². The number of ether oxygens (including phenoxy) is 2. The number of nitrogens with one attached hydrogen (secondary N) is 1. The van der Waals surface area contributed by atoms with Crippen LogP contribution in [0, 0.1) is 6.92 Å². The van der Waals surface area contributed by atoms with Crippen molar-refractivity contribution < 1.29 is 14.3 Å². The van der Waals surface area contributed by atoms with Gasteiger partial charge in [0.1, 0.15) is 6.04 Å². The van der Waals surface area contributed by atoms with Crippen molar-refractivity contribution >= 4 is 16.8 Å². The van der Waals surface area contributed by atoms with Crippen LogP contribution in [-0.4, -0.2) is 41.5 Å². The van der Waals surface area contributed by atoms with Crippen molar-refractivity contribution in [2.24, 2.45) is 0 Å². The molecule has 6 heteroatoms. The summed E-state index contributed by atoms with van der Waals surface area (Å²) in [6, 6.07) is 19.7. The standard InChI is InChI=1S/C27H27N3O3/c1-17-7-6-10-22(28-17)27-26-20(19-8-4-5-9-21(19)29-26)13-14-30(27)25(31)16-18-11-12-23(32-2)24(15-18)33-3/h4-12,15,27,29H,13-14,16H2,1-3H3/t27-/m1/s1. The molecule has 33 heavy (non-hydrogen) atoms. The molecule has 2 aromatic heterocycles. The van der Waals surface area contributed by atoms with Crippen molar-refractivity contribution in [3.05, 3.63) is 88.9 Å². The number of fused-ring (bicyclic) bond motifs is 3. The van der Waals surface area contributed by atoms with Gasteiger partial charge in [-0.05, 0) is 54.8 Å². The van der Waals surface area contributed by atoms with E-state index in [0.717, 1.165) is 34.6 Å². The van der Waals surface area contributed by atoms with Crippen LogP contribution in [0.15, 0.2) is 60.7 Å². The lowest BCUT2D eigenvalue weighted by Crippen LogP contribution is -2.41. The number of hydrogen-bond acceptors (Lipinski definition) is 4. The summed E-state index contributed by atoms with van der Waals surface area (Å²) in [5, 5.41) is 1.22. The minimum Gasteiger partial charge on any atom is -0.493 e. The molecule has 168 valence electrons. The number of nitrogens with zero attached hydrogens (tertiary/aromatic N) is 2. The third-order valence-corrected chi connectivity index (χ3v) is 6.35. The van der Waals surface area contributed by atoms with E-state index >= 15 is 0 Å². The predicted octanol–water partition coefficient (Wildman–Crippen LogP) is 4.61. The maximum atomic E-state index is 13.6. The molecule has 5 rings (SSSR count). The molecule has 0 spiro atoms. The second-order valence-electron chi connectivity index (χ2n) is 8.37. The Morgan fingerprint density at radius 1 is 1.06 bits per heavy atom. The van der Waals surface area contributed by atoms with Gasteiger partial charge in [0.2, 0.25) is 5.91 Å². The minimum absolute atomic E-state index is 0.0554. The summed E-state index contributed by atoms with van der Waals surface area (Å²) in [5.74, 6) is 1.33. The smallest absolute Gasteiger partial charge is 0.227 e. The normalized spacial score (nSPS) is 15.4. The fraction of sp³-hybridized carbons (Fsp3) is 0.259. The molecule has 1 amide bonds. The second kappa shape index (κ2) is 8.62. The summed E-state index contributed by atoms with van der Waals surface area (Å²) in [6.07, 6.45) is 1.08. The van der Waals surface area contributed by atoms with Crippen LogP contribution in [0.1, 0.15) is 34.3 Å². The number of aromatic amines is 1. The highest BCUT2D eigenvalue weighted by Gasteiger charge is 2.35. The number of methoxy groups -OCH3 is 2. The molecular weight excluding hydrogens is 414 g/mol. The molecule has 0 saturated carbocycles. The molecule has 2 aromatic carbocycles. The number of H-pyrrole nitrogens is 1. The van der Waals surface area contributed by atoms with Crippen molar-refractivity contribution in [2.75, 3.05) is 20.8 Å². The minimum atomic E-state index is -0.256. The Bertz CT molecular complexity index is 1330. The van der Waals surface area contributed by atoms with Crippen molar-refractivity contribution in [2.45, 2.75) is 25.8 Å². The van der Waals surface area contributed by atoms with Gasteiger partial charge in [-0.15, -0.1) is 0 Å². The first-order valence-corrected chi connectivity index (χ1v) is 11.1. The third-order valence-electron chi connectivity index (χ3n) is 6.35. The molecule has 1 N–H and O–H groups in total. The zero-order valence-corrected chi connectivity index (χ0v) is 19.1. The zero-order chi connectivity index (χ0) is 22.9. The average Bonchev–Trinajstić information content (AvgIpc) is 3.22. The van der Waals surface area contributed by atoms with Gasteiger partial charge in [-0.3, -0.25) is 9.78 Å². The summed E-state index contributed by atoms with van der Waals surface area (Å²) in [5.41, 5.74) is 6.12. The summed E-state index contributed by atoms with van der Waals surface area (Å²) in [7, 11) is 3.21. The number of aromatic nitrogens is 2. The lowest BCUT2D eigenvalue weighted by Gasteiger charge is -2.36. The van der Waals surface area contributed by atoms with E-state index in [9.17, 15) is 4.79 Å². The highest BCUT2D eigenvalue weighted by atomic mass is 16.5. The number of rotatable bonds is 5. The van der Waals surface area contributed by atoms with Crippen LogP contribution >= 0.6 is 0 Å². The summed E-state index contributed by atoms with van der Waals surface area (Å²) >= 11 is 0. The molecule has 0 radical (unpaired) electrons. The molecule has 6 nitrogen and oxygen atoms in total. The maximum absolute atomic E-state index is 13.6. The first-order chi connectivity index (χ1) is 16.1. The SMILES string of the molecule is COc1ccc(CC(=O)N2CCc3c([nH]c4ccccc34)[C@H]2c2cccc(C)n2)cc1OC. The van der Waals surface area contributed by atoms with E-state index in [0.29, 0.717) is 18.0 Å². The Hall–Kier alpha value is -3.80. The van der Waals surface area contributed by atoms with Gasteiger partial charge in [0.05, 0.1) is 26.3 Å². The van der Waals surface area contributed by atoms with Gasteiger partial charge < -0.3 is 19.4 Å². The Balaban J connectivity index is 1.54. The lowest BCUT2D eigenvalue weighted by atomic mass is 9.94. The largest absolute Gasteiger partial charge is 0.493 e. The molecule has 0 saturated heterocycles. The van der Waals surface area contributed by atoms with Gasteiger partial charge in [0.15, 0.2) is 11.5 Å². The van der Waals surface area contributed by atoms with Crippen LogP contribution in [-0.2, 0) is 17.6 Å². The monoisotopic (exact) mass is 441 g/mol. The van der Waals surface area contributed by atoms with E-state index in [-0.39, 0.29) is 18.4 Å². The third kappa shape index (κ3) is 3.82. The summed E-state index contributed by atoms with van der Waals surface area (Å²) in [4.78, 5) is 24.0. The first kappa shape index (κ1) is 21.1. The zero-order valence-electron chi connectivity index (χ0n) is 19.1. The van der Waals surface area contributed by atoms with E-state index in [4.69, 9.17) is 14.5 Å². The van der Waals surface area contributed by atoms with Crippen molar-refractivity contribution in [3.63, 3.8) is 0 Å². The molecule has 3 heterocycles. The van der Waals surface area contributed by atoms with Crippen LogP contribution in [0.2, 0.25) is 0 Å². The van der Waals surface area contributed by atoms with Crippen molar-refractivity contribution in [3.8, 4) is 11.5 Å². The molecule has 0 fully saturated rings. The summed E-state index contributed by atoms with van der Waals surface area (Å²) < 4.78 is 10.8. The number of para-hydroxylation sites is 1. The number of carbonyl (C=O) groups excluding carboxylic acids is 1. The number of benzene rings is 2. The molecule has 0 aliphatic carbocycles. The van der Waals surface area contributed by atoms with E-state index in [2.05, 4.69) is 23.2 Å². The lowest BCUT2D eigenvalue weighted by molar-refractivity contribution is -0.132. The highest BCUT2D eigenvalue weighted by molar-refractivity contribution is 5.87. The topological polar surface area (TPSA) is 67.5 Å². The number of pyridine rings is 1. The summed E-state index contributed by atoms with van der Waals surface area (Å²) in [6.45, 7) is 2.62. The Labute approximate surface area is 193 Å². The number of aryl methyl sites for hydroxylation is 1. The van der Waals surface area contributed by atoms with Gasteiger partial charge in [0.25, 0.3) is 0 Å². The highest BCUT2D eigenvalue weighted by Crippen LogP contribution is 2.38. The molecular formula is C27H27N3O3. The van der Waals surface area contributed by atoms with Gasteiger partial charge in [-0.25, -0.2) is 0 Å². The van der Waals surface area contributed by atoms with Gasteiger partial charge in [-0.1, -0.05) is 30.3 Å². The van der Waals surface area contributed by atoms with Gasteiger partial charge in [0, 0.05) is 28.8 Å². The molecule has 1 atom stereocenters. The van der Waals surface area contributed by atoms with E-state index in [1.54, 1.807) is 14.2 Å². The van der Waals surface area contributed by atoms with E-state index in [1.807, 2.05) is 54.3 Å². The van der Waals surface area contributed by atoms with Crippen LogP contribution in [0.3, 0.4) is 0 Å². The predicted molar refractivity (Wildman–Crippen MR) is 128 cm³/mol. The molecule has 0 bridgehead atoms. The quantitative estimate of drug-likeness (QED) is 0.491. The Morgan fingerprint density at radius 3 is 2.67 bits per heavy atom. The van der Waals surface area contributed by atoms with Crippen LogP contribution in [0.4, 0.5) is 0 Å². The van der Waals surface area contributed by atoms with E-state index < -0.39 is 0 Å². The molecule has 1 aliphatic rings. The molecule has 1 aliphatic heterocycles. The number of carbonyl (C=O) groups is 1.